The third-order valence-corrected chi connectivity index (χ3v) is 3.38. The Bertz CT molecular complexity index is 392. The van der Waals surface area contributed by atoms with E-state index in [0.717, 1.165) is 6.42 Å². The number of carbonyl (C=O) groups is 1. The molecule has 0 bridgehead atoms. The van der Waals surface area contributed by atoms with Gasteiger partial charge in [-0.05, 0) is 17.9 Å². The molecule has 4 nitrogen and oxygen atoms in total. The number of likely N-dealkylation sites (N-methyl/N-ethyl adjacent to an activating group) is 1. The number of nitrogens with zero attached hydrogens (tertiary/aromatic N) is 1. The fourth-order valence-corrected chi connectivity index (χ4v) is 1.77. The van der Waals surface area contributed by atoms with Crippen molar-refractivity contribution in [1.29, 1.82) is 0 Å². The van der Waals surface area contributed by atoms with E-state index in [2.05, 4.69) is 13.8 Å². The van der Waals surface area contributed by atoms with Gasteiger partial charge in [0, 0.05) is 19.6 Å². The predicted octanol–water partition coefficient (Wildman–Crippen LogP) is 1.55. The number of aliphatic hydroxyl groups excluding tert-OH is 1. The van der Waals surface area contributed by atoms with Gasteiger partial charge in [0.2, 0.25) is 0 Å². The van der Waals surface area contributed by atoms with E-state index in [1.165, 1.54) is 0 Å². The fourth-order valence-electron chi connectivity index (χ4n) is 1.77. The molecule has 0 fully saturated rings. The van der Waals surface area contributed by atoms with Crippen LogP contribution in [-0.2, 0) is 4.79 Å². The van der Waals surface area contributed by atoms with Crippen molar-refractivity contribution in [2.75, 3.05) is 13.6 Å². The van der Waals surface area contributed by atoms with E-state index in [1.807, 2.05) is 6.07 Å². The zero-order valence-electron chi connectivity index (χ0n) is 11.9. The Labute approximate surface area is 115 Å². The van der Waals surface area contributed by atoms with Gasteiger partial charge in [0.05, 0.1) is 0 Å². The average molecular weight is 264 g/mol. The minimum absolute atomic E-state index is 0.0733. The van der Waals surface area contributed by atoms with Gasteiger partial charge in [0.25, 0.3) is 5.91 Å². The van der Waals surface area contributed by atoms with E-state index in [9.17, 15) is 9.90 Å². The Hall–Kier alpha value is -1.39. The zero-order valence-corrected chi connectivity index (χ0v) is 11.9. The van der Waals surface area contributed by atoms with Gasteiger partial charge in [-0.15, -0.1) is 0 Å². The summed E-state index contributed by atoms with van der Waals surface area (Å²) in [7, 11) is 1.70. The van der Waals surface area contributed by atoms with Crippen LogP contribution in [0, 0.1) is 5.92 Å². The second kappa shape index (κ2) is 7.26. The zero-order chi connectivity index (χ0) is 14.4. The van der Waals surface area contributed by atoms with Crippen LogP contribution in [0.15, 0.2) is 30.3 Å². The largest absolute Gasteiger partial charge is 0.378 e. The molecule has 0 spiro atoms. The summed E-state index contributed by atoms with van der Waals surface area (Å²) in [6.45, 7) is 4.68. The number of amides is 1. The normalized spacial score (nSPS) is 14.2. The number of carbonyl (C=O) groups excluding carboxylic acids is 1. The Balaban J connectivity index is 2.53. The minimum Gasteiger partial charge on any atom is -0.378 e. The van der Waals surface area contributed by atoms with Crippen molar-refractivity contribution < 1.29 is 9.90 Å². The second-order valence-electron chi connectivity index (χ2n) is 5.27. The molecule has 0 radical (unpaired) electrons. The maximum Gasteiger partial charge on any atom is 0.255 e. The molecule has 4 heteroatoms. The van der Waals surface area contributed by atoms with Crippen molar-refractivity contribution in [3.05, 3.63) is 35.9 Å². The van der Waals surface area contributed by atoms with Crippen molar-refractivity contribution in [2.24, 2.45) is 11.7 Å². The lowest BCUT2D eigenvalue weighted by Gasteiger charge is -2.23. The van der Waals surface area contributed by atoms with E-state index in [-0.39, 0.29) is 11.9 Å². The van der Waals surface area contributed by atoms with Crippen molar-refractivity contribution >= 4 is 5.91 Å². The number of hydrogen-bond acceptors (Lipinski definition) is 3. The minimum atomic E-state index is -1.10. The molecule has 106 valence electrons. The summed E-state index contributed by atoms with van der Waals surface area (Å²) in [5.74, 6) is 0.102. The summed E-state index contributed by atoms with van der Waals surface area (Å²) in [5.41, 5.74) is 6.57. The molecule has 1 amide bonds. The molecule has 0 aliphatic heterocycles. The third kappa shape index (κ3) is 4.65. The monoisotopic (exact) mass is 264 g/mol. The van der Waals surface area contributed by atoms with Crippen molar-refractivity contribution in [3.8, 4) is 0 Å². The van der Waals surface area contributed by atoms with Gasteiger partial charge < -0.3 is 15.7 Å². The molecule has 2 unspecified atom stereocenters. The molecule has 0 saturated carbocycles. The summed E-state index contributed by atoms with van der Waals surface area (Å²) in [6.07, 6.45) is -0.358. The topological polar surface area (TPSA) is 66.6 Å². The lowest BCUT2D eigenvalue weighted by molar-refractivity contribution is -0.139. The first-order valence-electron chi connectivity index (χ1n) is 6.67. The van der Waals surface area contributed by atoms with E-state index >= 15 is 0 Å². The molecule has 19 heavy (non-hydrogen) atoms. The second-order valence-corrected chi connectivity index (χ2v) is 5.27. The van der Waals surface area contributed by atoms with Crippen LogP contribution in [0.2, 0.25) is 0 Å². The molecule has 3 N–H and O–H groups in total. The number of rotatable bonds is 6. The summed E-state index contributed by atoms with van der Waals surface area (Å²) in [4.78, 5) is 13.6. The van der Waals surface area contributed by atoms with Crippen LogP contribution >= 0.6 is 0 Å². The first-order valence-corrected chi connectivity index (χ1v) is 6.67. The highest BCUT2D eigenvalue weighted by atomic mass is 16.3. The average Bonchev–Trinajstić information content (AvgIpc) is 2.43. The smallest absolute Gasteiger partial charge is 0.255 e. The lowest BCUT2D eigenvalue weighted by Crippen LogP contribution is -2.36. The molecular formula is C15H24N2O2. The highest BCUT2D eigenvalue weighted by Crippen LogP contribution is 2.15. The molecule has 2 atom stereocenters. The van der Waals surface area contributed by atoms with Crippen molar-refractivity contribution in [1.82, 2.24) is 4.90 Å². The first kappa shape index (κ1) is 15.7. The molecule has 0 aliphatic carbocycles. The van der Waals surface area contributed by atoms with Crippen molar-refractivity contribution in [3.63, 3.8) is 0 Å². The van der Waals surface area contributed by atoms with Crippen LogP contribution in [0.25, 0.3) is 0 Å². The summed E-state index contributed by atoms with van der Waals surface area (Å²) in [5, 5.41) is 10.0. The van der Waals surface area contributed by atoms with Crippen LogP contribution in [-0.4, -0.2) is 35.5 Å². The quantitative estimate of drug-likeness (QED) is 0.819. The van der Waals surface area contributed by atoms with Crippen LogP contribution in [0.4, 0.5) is 0 Å². The van der Waals surface area contributed by atoms with E-state index in [4.69, 9.17) is 5.73 Å². The molecule has 0 heterocycles. The molecule has 1 rings (SSSR count). The Morgan fingerprint density at radius 1 is 1.32 bits per heavy atom. The molecule has 0 saturated heterocycles. The van der Waals surface area contributed by atoms with E-state index < -0.39 is 6.10 Å². The molecule has 1 aromatic rings. The van der Waals surface area contributed by atoms with E-state index in [1.54, 1.807) is 36.2 Å². The molecule has 0 aromatic heterocycles. The lowest BCUT2D eigenvalue weighted by atomic mass is 10.0. The van der Waals surface area contributed by atoms with Crippen LogP contribution in [0.3, 0.4) is 0 Å². The Morgan fingerprint density at radius 3 is 2.42 bits per heavy atom. The van der Waals surface area contributed by atoms with Crippen molar-refractivity contribution in [2.45, 2.75) is 32.4 Å². The summed E-state index contributed by atoms with van der Waals surface area (Å²) >= 11 is 0. The number of benzene rings is 1. The maximum atomic E-state index is 12.1. The SMILES string of the molecule is CC(C)C(N)CCN(C)C(=O)C(O)c1ccccc1. The highest BCUT2D eigenvalue weighted by Gasteiger charge is 2.21. The Kier molecular flexibility index (Phi) is 5.99. The number of nitrogens with two attached hydrogens (primary N) is 1. The number of aliphatic hydroxyl groups is 1. The van der Waals surface area contributed by atoms with E-state index in [0.29, 0.717) is 18.0 Å². The van der Waals surface area contributed by atoms with Gasteiger partial charge in [-0.25, -0.2) is 0 Å². The van der Waals surface area contributed by atoms with Crippen LogP contribution in [0.1, 0.15) is 31.9 Å². The van der Waals surface area contributed by atoms with Gasteiger partial charge >= 0.3 is 0 Å². The molecule has 0 aliphatic rings. The summed E-state index contributed by atoms with van der Waals surface area (Å²) < 4.78 is 0. The molecule has 1 aromatic carbocycles. The Morgan fingerprint density at radius 2 is 1.89 bits per heavy atom. The fraction of sp³-hybridized carbons (Fsp3) is 0.533. The van der Waals surface area contributed by atoms with Gasteiger partial charge in [-0.1, -0.05) is 44.2 Å². The van der Waals surface area contributed by atoms with Gasteiger partial charge in [-0.3, -0.25) is 4.79 Å². The van der Waals surface area contributed by atoms with Crippen LogP contribution < -0.4 is 5.73 Å². The van der Waals surface area contributed by atoms with Gasteiger partial charge in [0.1, 0.15) is 0 Å². The summed E-state index contributed by atoms with van der Waals surface area (Å²) in [6, 6.07) is 9.03. The third-order valence-electron chi connectivity index (χ3n) is 3.38. The van der Waals surface area contributed by atoms with Crippen LogP contribution in [0.5, 0.6) is 0 Å². The number of hydrogen-bond donors (Lipinski definition) is 2. The maximum absolute atomic E-state index is 12.1. The highest BCUT2D eigenvalue weighted by molar-refractivity contribution is 5.81. The van der Waals surface area contributed by atoms with Gasteiger partial charge in [0.15, 0.2) is 6.10 Å². The predicted molar refractivity (Wildman–Crippen MR) is 76.5 cm³/mol. The molecular weight excluding hydrogens is 240 g/mol. The van der Waals surface area contributed by atoms with Gasteiger partial charge in [-0.2, -0.15) is 0 Å². The standard InChI is InChI=1S/C15H24N2O2/c1-11(2)13(16)9-10-17(3)15(19)14(18)12-7-5-4-6-8-12/h4-8,11,13-14,18H,9-10,16H2,1-3H3. The first-order chi connectivity index (χ1) is 8.93.